The van der Waals surface area contributed by atoms with Crippen LogP contribution in [0.5, 0.6) is 5.75 Å². The minimum absolute atomic E-state index is 0. The summed E-state index contributed by atoms with van der Waals surface area (Å²) < 4.78 is 10.7. The average Bonchev–Trinajstić information content (AvgIpc) is 3.13. The molecule has 2 aromatic rings. The molecule has 0 amide bonds. The van der Waals surface area contributed by atoms with Crippen molar-refractivity contribution in [1.29, 1.82) is 0 Å². The number of terminal acetylenes is 1. The van der Waals surface area contributed by atoms with Crippen molar-refractivity contribution in [2.45, 2.75) is 32.7 Å². The average molecular weight is 482 g/mol. The van der Waals surface area contributed by atoms with Crippen LogP contribution in [0.1, 0.15) is 36.8 Å². The Morgan fingerprint density at radius 2 is 2.04 bits per heavy atom. The molecule has 0 radical (unpaired) electrons. The minimum Gasteiger partial charge on any atom is -0.481 e. The van der Waals surface area contributed by atoms with Gasteiger partial charge in [0.1, 0.15) is 12.4 Å². The Morgan fingerprint density at radius 3 is 2.63 bits per heavy atom. The number of hydrogen-bond donors (Lipinski definition) is 2. The van der Waals surface area contributed by atoms with E-state index in [1.165, 1.54) is 5.56 Å². The zero-order chi connectivity index (χ0) is 18.8. The summed E-state index contributed by atoms with van der Waals surface area (Å²) in [7, 11) is 1.74. The summed E-state index contributed by atoms with van der Waals surface area (Å²) >= 11 is 0. The molecule has 1 aromatic carbocycles. The van der Waals surface area contributed by atoms with Gasteiger partial charge < -0.3 is 19.9 Å². The number of aromatic nitrogens is 1. The van der Waals surface area contributed by atoms with Gasteiger partial charge in [-0.15, -0.1) is 30.4 Å². The summed E-state index contributed by atoms with van der Waals surface area (Å²) in [6.07, 6.45) is 6.05. The second kappa shape index (κ2) is 12.2. The maximum absolute atomic E-state index is 5.37. The van der Waals surface area contributed by atoms with Gasteiger partial charge in [0.2, 0.25) is 0 Å². The van der Waals surface area contributed by atoms with Gasteiger partial charge in [-0.1, -0.05) is 37.1 Å². The molecule has 0 unspecified atom stereocenters. The van der Waals surface area contributed by atoms with Crippen LogP contribution in [0.15, 0.2) is 39.8 Å². The molecule has 2 N–H and O–H groups in total. The fraction of sp³-hybridized carbons (Fsp3) is 0.400. The number of nitrogens with zero attached hydrogens (tertiary/aromatic N) is 2. The van der Waals surface area contributed by atoms with Gasteiger partial charge >= 0.3 is 0 Å². The Kier molecular flexibility index (Phi) is 10.3. The molecule has 2 rings (SSSR count). The molecule has 0 fully saturated rings. The smallest absolute Gasteiger partial charge is 0.191 e. The number of halogens is 1. The first-order valence-electron chi connectivity index (χ1n) is 8.67. The van der Waals surface area contributed by atoms with Crippen LogP contribution in [0.4, 0.5) is 0 Å². The highest BCUT2D eigenvalue weighted by molar-refractivity contribution is 14.0. The van der Waals surface area contributed by atoms with Gasteiger partial charge in [0.25, 0.3) is 0 Å². The first kappa shape index (κ1) is 22.8. The lowest BCUT2D eigenvalue weighted by Crippen LogP contribution is -2.37. The molecule has 0 atom stereocenters. The molecule has 146 valence electrons. The second-order valence-electron chi connectivity index (χ2n) is 6.11. The Bertz CT molecular complexity index is 748. The van der Waals surface area contributed by atoms with Crippen LogP contribution in [0.2, 0.25) is 0 Å². The van der Waals surface area contributed by atoms with Crippen molar-refractivity contribution in [2.75, 3.05) is 20.2 Å². The van der Waals surface area contributed by atoms with Crippen molar-refractivity contribution in [1.82, 2.24) is 15.8 Å². The number of hydrogen-bond acceptors (Lipinski definition) is 4. The third-order valence-corrected chi connectivity index (χ3v) is 3.77. The van der Waals surface area contributed by atoms with E-state index in [0.717, 1.165) is 36.1 Å². The van der Waals surface area contributed by atoms with Crippen LogP contribution >= 0.6 is 24.0 Å². The number of rotatable bonds is 8. The highest BCUT2D eigenvalue weighted by Crippen LogP contribution is 2.14. The lowest BCUT2D eigenvalue weighted by molar-refractivity contribution is 0.370. The topological polar surface area (TPSA) is 71.7 Å². The Labute approximate surface area is 178 Å². The number of aliphatic imine (C=N–C) groups is 1. The number of guanidine groups is 1. The lowest BCUT2D eigenvalue weighted by atomic mass is 10.1. The molecule has 0 saturated heterocycles. The maximum atomic E-state index is 5.37. The molecule has 0 aliphatic rings. The molecule has 1 aromatic heterocycles. The van der Waals surface area contributed by atoms with Gasteiger partial charge in [-0.25, -0.2) is 0 Å². The van der Waals surface area contributed by atoms with Crippen LogP contribution in [0, 0.1) is 12.3 Å². The summed E-state index contributed by atoms with van der Waals surface area (Å²) in [5.74, 6) is 5.10. The van der Waals surface area contributed by atoms with E-state index in [9.17, 15) is 0 Å². The van der Waals surface area contributed by atoms with Crippen molar-refractivity contribution >= 4 is 29.9 Å². The van der Waals surface area contributed by atoms with Crippen LogP contribution in [-0.2, 0) is 13.0 Å². The van der Waals surface area contributed by atoms with Crippen LogP contribution in [0.25, 0.3) is 0 Å². The van der Waals surface area contributed by atoms with E-state index >= 15 is 0 Å². The SMILES string of the molecule is C#CCOc1ccc(CCNC(=NC)NCc2cc(C(C)C)no2)cc1.I. The summed E-state index contributed by atoms with van der Waals surface area (Å²) in [6.45, 7) is 5.76. The van der Waals surface area contributed by atoms with Gasteiger partial charge in [-0.05, 0) is 30.0 Å². The predicted molar refractivity (Wildman–Crippen MR) is 119 cm³/mol. The zero-order valence-electron chi connectivity index (χ0n) is 16.0. The Balaban J connectivity index is 0.00000364. The van der Waals surface area contributed by atoms with E-state index in [4.69, 9.17) is 15.7 Å². The maximum Gasteiger partial charge on any atom is 0.191 e. The van der Waals surface area contributed by atoms with Crippen molar-refractivity contribution in [3.63, 3.8) is 0 Å². The summed E-state index contributed by atoms with van der Waals surface area (Å²) in [5, 5.41) is 10.6. The van der Waals surface area contributed by atoms with E-state index in [1.54, 1.807) is 7.05 Å². The fourth-order valence-electron chi connectivity index (χ4n) is 2.28. The summed E-state index contributed by atoms with van der Waals surface area (Å²) in [4.78, 5) is 4.22. The first-order valence-corrected chi connectivity index (χ1v) is 8.67. The van der Waals surface area contributed by atoms with Gasteiger partial charge in [0, 0.05) is 19.7 Å². The third-order valence-electron chi connectivity index (χ3n) is 3.77. The molecule has 7 heteroatoms. The van der Waals surface area contributed by atoms with Crippen molar-refractivity contribution < 1.29 is 9.26 Å². The Morgan fingerprint density at radius 1 is 1.30 bits per heavy atom. The molecule has 0 aliphatic heterocycles. The molecule has 0 saturated carbocycles. The predicted octanol–water partition coefficient (Wildman–Crippen LogP) is 3.34. The highest BCUT2D eigenvalue weighted by atomic mass is 127. The molecule has 0 spiro atoms. The van der Waals surface area contributed by atoms with Crippen molar-refractivity contribution in [2.24, 2.45) is 4.99 Å². The third kappa shape index (κ3) is 7.91. The first-order chi connectivity index (χ1) is 12.6. The van der Waals surface area contributed by atoms with Crippen molar-refractivity contribution in [3.8, 4) is 18.1 Å². The van der Waals surface area contributed by atoms with Crippen LogP contribution in [-0.4, -0.2) is 31.3 Å². The fourth-order valence-corrected chi connectivity index (χ4v) is 2.28. The standard InChI is InChI=1S/C20H26N4O2.HI/c1-5-12-25-17-8-6-16(7-9-17)10-11-22-20(21-4)23-14-18-13-19(15(2)3)24-26-18;/h1,6-9,13,15H,10-12,14H2,2-4H3,(H2,21,22,23);1H. The van der Waals surface area contributed by atoms with E-state index in [2.05, 4.69) is 40.6 Å². The van der Waals surface area contributed by atoms with E-state index in [0.29, 0.717) is 12.5 Å². The van der Waals surface area contributed by atoms with Gasteiger partial charge in [-0.2, -0.15) is 0 Å². The van der Waals surface area contributed by atoms with Gasteiger partial charge in [-0.3, -0.25) is 4.99 Å². The molecule has 1 heterocycles. The largest absolute Gasteiger partial charge is 0.481 e. The Hall–Kier alpha value is -2.21. The van der Waals surface area contributed by atoms with Crippen molar-refractivity contribution in [3.05, 3.63) is 47.3 Å². The lowest BCUT2D eigenvalue weighted by Gasteiger charge is -2.11. The van der Waals surface area contributed by atoms with Gasteiger partial charge in [0.05, 0.1) is 12.2 Å². The highest BCUT2D eigenvalue weighted by Gasteiger charge is 2.08. The number of nitrogens with one attached hydrogen (secondary N) is 2. The van der Waals surface area contributed by atoms with Crippen LogP contribution in [0.3, 0.4) is 0 Å². The second-order valence-corrected chi connectivity index (χ2v) is 6.11. The molecule has 0 aliphatic carbocycles. The van der Waals surface area contributed by atoms with Gasteiger partial charge in [0.15, 0.2) is 11.7 Å². The number of ether oxygens (including phenoxy) is 1. The quantitative estimate of drug-likeness (QED) is 0.262. The van der Waals surface area contributed by atoms with Crippen LogP contribution < -0.4 is 15.4 Å². The normalized spacial score (nSPS) is 10.9. The number of benzene rings is 1. The van der Waals surface area contributed by atoms with E-state index in [1.807, 2.05) is 30.3 Å². The summed E-state index contributed by atoms with van der Waals surface area (Å²) in [5.41, 5.74) is 2.16. The zero-order valence-corrected chi connectivity index (χ0v) is 18.3. The summed E-state index contributed by atoms with van der Waals surface area (Å²) in [6, 6.07) is 9.89. The van der Waals surface area contributed by atoms with E-state index in [-0.39, 0.29) is 30.6 Å². The molecule has 6 nitrogen and oxygen atoms in total. The van der Waals surface area contributed by atoms with E-state index < -0.39 is 0 Å². The molecular weight excluding hydrogens is 455 g/mol. The molecule has 0 bridgehead atoms. The molecular formula is C20H27IN4O2. The molecule has 27 heavy (non-hydrogen) atoms. The minimum atomic E-state index is 0. The monoisotopic (exact) mass is 482 g/mol.